The normalized spacial score (nSPS) is 12.8. The lowest BCUT2D eigenvalue weighted by Gasteiger charge is -2.15. The molecule has 0 aliphatic heterocycles. The zero-order valence-corrected chi connectivity index (χ0v) is 34.5. The summed E-state index contributed by atoms with van der Waals surface area (Å²) in [5, 5.41) is 8.27. The number of benzene rings is 7. The molecule has 8 nitrogen and oxygen atoms in total. The van der Waals surface area contributed by atoms with Gasteiger partial charge in [-0.05, 0) is 55.3 Å². The molecule has 0 atom stereocenters. The highest BCUT2D eigenvalue weighted by Crippen LogP contribution is 2.44. The molecule has 0 bridgehead atoms. The van der Waals surface area contributed by atoms with Crippen molar-refractivity contribution in [1.82, 2.24) is 38.2 Å². The summed E-state index contributed by atoms with van der Waals surface area (Å²) in [6, 6.07) is 56.4. The molecule has 1 aliphatic carbocycles. The third kappa shape index (κ3) is 4.87. The van der Waals surface area contributed by atoms with Crippen molar-refractivity contribution < 1.29 is 0 Å². The molecule has 0 unspecified atom stereocenters. The second kappa shape index (κ2) is 13.4. The molecule has 6 heterocycles. The van der Waals surface area contributed by atoms with E-state index in [1.807, 2.05) is 18.6 Å². The molecule has 13 aromatic rings. The van der Waals surface area contributed by atoms with Crippen LogP contribution in [0.3, 0.4) is 0 Å². The first-order chi connectivity index (χ1) is 31.8. The van der Waals surface area contributed by atoms with Crippen LogP contribution in [0, 0.1) is 0 Å². The lowest BCUT2D eigenvalue weighted by molar-refractivity contribution is 0.866. The summed E-state index contributed by atoms with van der Waals surface area (Å²) in [5.41, 5.74) is 13.8. The molecule has 300 valence electrons. The Labute approximate surface area is 366 Å². The Hall–Kier alpha value is -8.62. The van der Waals surface area contributed by atoms with Gasteiger partial charge in [-0.2, -0.15) is 0 Å². The van der Waals surface area contributed by atoms with Gasteiger partial charge in [-0.3, -0.25) is 19.1 Å². The fourth-order valence-corrected chi connectivity index (χ4v) is 10.6. The molecule has 64 heavy (non-hydrogen) atoms. The largest absolute Gasteiger partial charge is 0.307 e. The van der Waals surface area contributed by atoms with Gasteiger partial charge in [-0.1, -0.05) is 127 Å². The van der Waals surface area contributed by atoms with E-state index in [1.165, 1.54) is 38.2 Å². The lowest BCUT2D eigenvalue weighted by Crippen LogP contribution is -2.07. The number of aromatic nitrogens is 8. The number of para-hydroxylation sites is 5. The van der Waals surface area contributed by atoms with Gasteiger partial charge in [0.2, 0.25) is 0 Å². The van der Waals surface area contributed by atoms with Gasteiger partial charge in [-0.25, -0.2) is 9.97 Å². The van der Waals surface area contributed by atoms with Crippen molar-refractivity contribution in [3.63, 3.8) is 0 Å². The van der Waals surface area contributed by atoms with Gasteiger partial charge in [0.25, 0.3) is 0 Å². The van der Waals surface area contributed by atoms with Crippen LogP contribution in [0.15, 0.2) is 189 Å². The minimum Gasteiger partial charge on any atom is -0.307 e. The van der Waals surface area contributed by atoms with Crippen molar-refractivity contribution in [2.24, 2.45) is 0 Å². The number of hydrogen-bond donors (Lipinski definition) is 0. The summed E-state index contributed by atoms with van der Waals surface area (Å²) in [5.74, 6) is 1.45. The predicted molar refractivity (Wildman–Crippen MR) is 260 cm³/mol. The summed E-state index contributed by atoms with van der Waals surface area (Å²) in [6.07, 6.45) is 13.8. The Morgan fingerprint density at radius 3 is 1.31 bits per heavy atom. The van der Waals surface area contributed by atoms with Crippen molar-refractivity contribution in [3.8, 4) is 34.4 Å². The molecule has 0 N–H and O–H groups in total. The minimum absolute atomic E-state index is 0.641. The minimum atomic E-state index is 0.641. The van der Waals surface area contributed by atoms with E-state index in [1.54, 1.807) is 6.20 Å². The van der Waals surface area contributed by atoms with Crippen LogP contribution in [0.1, 0.15) is 17.7 Å². The first kappa shape index (κ1) is 35.0. The molecule has 0 spiro atoms. The van der Waals surface area contributed by atoms with Crippen molar-refractivity contribution in [2.45, 2.75) is 12.8 Å². The van der Waals surface area contributed by atoms with E-state index in [0.29, 0.717) is 17.2 Å². The quantitative estimate of drug-likeness (QED) is 0.173. The van der Waals surface area contributed by atoms with Crippen molar-refractivity contribution >= 4 is 82.4 Å². The molecular formula is C56H36N8. The molecule has 0 amide bonds. The number of allylic oxidation sites excluding steroid dienone is 1. The third-order valence-corrected chi connectivity index (χ3v) is 13.2. The standard InChI is InChI=1S/C56H36N8/c1-3-15-35(16-4-1)61-47-23-11-7-19-37(47)41-27-29-43-39-21-9-13-25-49(39)63(55(43)53(41)61)51-33-57-31-45(59-51)46-32-58-34-52(60-46)64-50-26-14-10-22-40(50)44-30-28-42-38-20-8-12-24-48(38)62(54(42)56(44)64)36-17-5-2-6-18-36/h1-13,15-25,27-34H,14,26H2. The lowest BCUT2D eigenvalue weighted by atomic mass is 10.0. The van der Waals surface area contributed by atoms with Gasteiger partial charge in [0, 0.05) is 60.3 Å². The Kier molecular flexibility index (Phi) is 7.35. The van der Waals surface area contributed by atoms with Gasteiger partial charge in [0.15, 0.2) is 11.6 Å². The Morgan fingerprint density at radius 1 is 0.359 bits per heavy atom. The highest BCUT2D eigenvalue weighted by molar-refractivity contribution is 6.24. The summed E-state index contributed by atoms with van der Waals surface area (Å²) in [4.78, 5) is 20.6. The van der Waals surface area contributed by atoms with Crippen molar-refractivity contribution in [3.05, 3.63) is 200 Å². The molecule has 14 rings (SSSR count). The molecule has 1 aliphatic rings. The Morgan fingerprint density at radius 2 is 0.781 bits per heavy atom. The predicted octanol–water partition coefficient (Wildman–Crippen LogP) is 13.1. The van der Waals surface area contributed by atoms with E-state index in [4.69, 9.17) is 19.9 Å². The van der Waals surface area contributed by atoms with E-state index in [0.717, 1.165) is 79.4 Å². The molecule has 6 aromatic heterocycles. The summed E-state index contributed by atoms with van der Waals surface area (Å²) < 4.78 is 9.43. The van der Waals surface area contributed by atoms with Gasteiger partial charge in [-0.15, -0.1) is 0 Å². The summed E-state index contributed by atoms with van der Waals surface area (Å²) in [7, 11) is 0. The number of hydrogen-bond acceptors (Lipinski definition) is 4. The average molecular weight is 821 g/mol. The molecule has 0 saturated carbocycles. The van der Waals surface area contributed by atoms with Crippen molar-refractivity contribution in [2.75, 3.05) is 0 Å². The van der Waals surface area contributed by atoms with Crippen LogP contribution < -0.4 is 0 Å². The average Bonchev–Trinajstić information content (AvgIpc) is 4.10. The van der Waals surface area contributed by atoms with E-state index in [2.05, 4.69) is 188 Å². The van der Waals surface area contributed by atoms with Crippen LogP contribution >= 0.6 is 0 Å². The first-order valence-electron chi connectivity index (χ1n) is 21.8. The van der Waals surface area contributed by atoms with Gasteiger partial charge >= 0.3 is 0 Å². The van der Waals surface area contributed by atoms with Gasteiger partial charge < -0.3 is 9.13 Å². The monoisotopic (exact) mass is 820 g/mol. The van der Waals surface area contributed by atoms with Crippen LogP contribution in [0.4, 0.5) is 0 Å². The molecule has 0 saturated heterocycles. The Balaban J connectivity index is 1.01. The highest BCUT2D eigenvalue weighted by atomic mass is 15.1. The maximum atomic E-state index is 5.44. The number of fused-ring (bicyclic) bond motifs is 14. The van der Waals surface area contributed by atoms with Crippen LogP contribution in [0.2, 0.25) is 0 Å². The third-order valence-electron chi connectivity index (χ3n) is 13.2. The second-order valence-electron chi connectivity index (χ2n) is 16.6. The van der Waals surface area contributed by atoms with Crippen LogP contribution in [-0.2, 0) is 6.42 Å². The van der Waals surface area contributed by atoms with Crippen molar-refractivity contribution in [1.29, 1.82) is 0 Å². The van der Waals surface area contributed by atoms with E-state index in [-0.39, 0.29) is 0 Å². The van der Waals surface area contributed by atoms with E-state index >= 15 is 0 Å². The van der Waals surface area contributed by atoms with E-state index < -0.39 is 0 Å². The SMILES string of the molecule is C1=Cc2c(n(-c3cncc(-c4cncc(-n5c6ccccc6c6ccc7c8ccccc8n(-c8ccccc8)c7c65)n4)n3)c3c2ccc2c4ccccc4n(-c4ccccc4)c23)CC1. The van der Waals surface area contributed by atoms with Crippen LogP contribution in [0.5, 0.6) is 0 Å². The topological polar surface area (TPSA) is 71.3 Å². The van der Waals surface area contributed by atoms with E-state index in [9.17, 15) is 0 Å². The van der Waals surface area contributed by atoms with Crippen LogP contribution in [0.25, 0.3) is 117 Å². The van der Waals surface area contributed by atoms with Crippen LogP contribution in [-0.4, -0.2) is 38.2 Å². The highest BCUT2D eigenvalue weighted by Gasteiger charge is 2.26. The second-order valence-corrected chi connectivity index (χ2v) is 16.6. The fourth-order valence-electron chi connectivity index (χ4n) is 10.6. The zero-order valence-electron chi connectivity index (χ0n) is 34.5. The first-order valence-corrected chi connectivity index (χ1v) is 21.8. The zero-order chi connectivity index (χ0) is 41.9. The smallest absolute Gasteiger partial charge is 0.157 e. The molecular weight excluding hydrogens is 785 g/mol. The fraction of sp³-hybridized carbons (Fsp3) is 0.0357. The maximum absolute atomic E-state index is 5.44. The molecule has 0 radical (unpaired) electrons. The molecule has 7 aromatic carbocycles. The Bertz CT molecular complexity index is 4070. The molecule has 8 heteroatoms. The van der Waals surface area contributed by atoms with Gasteiger partial charge in [0.1, 0.15) is 11.4 Å². The number of nitrogens with zero attached hydrogens (tertiary/aromatic N) is 8. The number of rotatable bonds is 5. The maximum Gasteiger partial charge on any atom is 0.157 e. The summed E-state index contributed by atoms with van der Waals surface area (Å²) in [6.45, 7) is 0. The van der Waals surface area contributed by atoms with Gasteiger partial charge in [0.05, 0.1) is 63.4 Å². The molecule has 0 fully saturated rings. The summed E-state index contributed by atoms with van der Waals surface area (Å²) >= 11 is 0.